The van der Waals surface area contributed by atoms with Crippen LogP contribution in [0.4, 0.5) is 0 Å². The van der Waals surface area contributed by atoms with E-state index in [0.717, 1.165) is 19.5 Å². The van der Waals surface area contributed by atoms with Crippen molar-refractivity contribution in [3.05, 3.63) is 0 Å². The lowest BCUT2D eigenvalue weighted by atomic mass is 9.90. The molecule has 1 N–H and O–H groups in total. The zero-order valence-electron chi connectivity index (χ0n) is 9.84. The molecule has 0 saturated carbocycles. The van der Waals surface area contributed by atoms with Gasteiger partial charge >= 0.3 is 0 Å². The van der Waals surface area contributed by atoms with Gasteiger partial charge in [-0.3, -0.25) is 9.69 Å². The molecule has 0 aliphatic rings. The average Bonchev–Trinajstić information content (AvgIpc) is 2.10. The van der Waals surface area contributed by atoms with E-state index in [1.165, 1.54) is 0 Å². The van der Waals surface area contributed by atoms with Gasteiger partial charge in [0.25, 0.3) is 0 Å². The molecule has 0 amide bonds. The van der Waals surface area contributed by atoms with Crippen LogP contribution in [0.3, 0.4) is 0 Å². The highest BCUT2D eigenvalue weighted by Gasteiger charge is 2.22. The van der Waals surface area contributed by atoms with Crippen LogP contribution in [-0.4, -0.2) is 42.0 Å². The van der Waals surface area contributed by atoms with Crippen LogP contribution in [0.2, 0.25) is 0 Å². The molecule has 0 rings (SSSR count). The Balaban J connectivity index is 3.99. The molecule has 0 radical (unpaired) electrons. The quantitative estimate of drug-likeness (QED) is 0.704. The molecule has 0 aromatic carbocycles. The molecule has 0 bridgehead atoms. The summed E-state index contributed by atoms with van der Waals surface area (Å²) in [4.78, 5) is 13.8. The van der Waals surface area contributed by atoms with Crippen molar-refractivity contribution in [3.8, 4) is 0 Å². The van der Waals surface area contributed by atoms with Crippen molar-refractivity contribution in [2.24, 2.45) is 5.41 Å². The molecule has 0 aliphatic heterocycles. The molecule has 0 heterocycles. The summed E-state index contributed by atoms with van der Waals surface area (Å²) in [6.45, 7) is 10.2. The zero-order valence-corrected chi connectivity index (χ0v) is 9.84. The summed E-state index contributed by atoms with van der Waals surface area (Å²) in [6.07, 6.45) is 0.741. The van der Waals surface area contributed by atoms with Crippen LogP contribution in [0.25, 0.3) is 0 Å². The van der Waals surface area contributed by atoms with E-state index in [1.54, 1.807) is 0 Å². The van der Waals surface area contributed by atoms with Gasteiger partial charge in [0.05, 0.1) is 6.54 Å². The van der Waals surface area contributed by atoms with Crippen LogP contribution >= 0.6 is 0 Å². The fraction of sp³-hybridized carbons (Fsp3) is 0.909. The molecule has 0 atom stereocenters. The highest BCUT2D eigenvalue weighted by atomic mass is 16.3. The summed E-state index contributed by atoms with van der Waals surface area (Å²) in [5.41, 5.74) is -0.257. The third-order valence-corrected chi connectivity index (χ3v) is 2.28. The van der Waals surface area contributed by atoms with Gasteiger partial charge in [-0.25, -0.2) is 0 Å². The maximum Gasteiger partial charge on any atom is 0.152 e. The van der Waals surface area contributed by atoms with Gasteiger partial charge in [-0.05, 0) is 13.0 Å². The topological polar surface area (TPSA) is 40.5 Å². The first-order valence-corrected chi connectivity index (χ1v) is 5.28. The number of rotatable bonds is 6. The fourth-order valence-corrected chi connectivity index (χ4v) is 1.08. The van der Waals surface area contributed by atoms with E-state index in [-0.39, 0.29) is 17.8 Å². The van der Waals surface area contributed by atoms with Crippen molar-refractivity contribution in [2.45, 2.75) is 34.1 Å². The Labute approximate surface area is 87.1 Å². The highest BCUT2D eigenvalue weighted by molar-refractivity contribution is 5.85. The second-order valence-corrected chi connectivity index (χ2v) is 4.62. The lowest BCUT2D eigenvalue weighted by molar-refractivity contribution is -0.127. The predicted molar refractivity (Wildman–Crippen MR) is 58.3 cm³/mol. The summed E-state index contributed by atoms with van der Waals surface area (Å²) >= 11 is 0. The molecule has 0 aromatic rings. The van der Waals surface area contributed by atoms with Crippen LogP contribution in [0.5, 0.6) is 0 Å². The molecule has 3 nitrogen and oxygen atoms in total. The van der Waals surface area contributed by atoms with Crippen molar-refractivity contribution in [1.29, 1.82) is 0 Å². The van der Waals surface area contributed by atoms with Gasteiger partial charge in [0.2, 0.25) is 0 Å². The number of aliphatic hydroxyl groups excluding tert-OH is 1. The molecule has 3 heteroatoms. The van der Waals surface area contributed by atoms with E-state index in [1.807, 2.05) is 27.7 Å². The standard InChI is InChI=1S/C11H23NO2/c1-5-12(7-6-8-13)9-10(14)11(2,3)4/h13H,5-9H2,1-4H3. The average molecular weight is 201 g/mol. The normalized spacial score (nSPS) is 12.1. The van der Waals surface area contributed by atoms with Crippen molar-refractivity contribution in [1.82, 2.24) is 4.90 Å². The molecule has 0 fully saturated rings. The number of carbonyl (C=O) groups is 1. The van der Waals surface area contributed by atoms with E-state index in [4.69, 9.17) is 5.11 Å². The lowest BCUT2D eigenvalue weighted by Crippen LogP contribution is -2.36. The molecule has 0 aliphatic carbocycles. The van der Waals surface area contributed by atoms with Gasteiger partial charge in [-0.15, -0.1) is 0 Å². The summed E-state index contributed by atoms with van der Waals surface area (Å²) in [6, 6.07) is 0. The Morgan fingerprint density at radius 1 is 1.36 bits per heavy atom. The molecular formula is C11H23NO2. The van der Waals surface area contributed by atoms with Crippen LogP contribution in [0, 0.1) is 5.41 Å². The minimum Gasteiger partial charge on any atom is -0.396 e. The molecule has 0 spiro atoms. The first kappa shape index (κ1) is 13.6. The molecular weight excluding hydrogens is 178 g/mol. The molecule has 0 aromatic heterocycles. The molecule has 84 valence electrons. The predicted octanol–water partition coefficient (Wildman–Crippen LogP) is 1.31. The van der Waals surface area contributed by atoms with E-state index in [0.29, 0.717) is 6.54 Å². The Morgan fingerprint density at radius 3 is 2.29 bits per heavy atom. The van der Waals surface area contributed by atoms with Crippen molar-refractivity contribution >= 4 is 5.78 Å². The third-order valence-electron chi connectivity index (χ3n) is 2.28. The Hall–Kier alpha value is -0.410. The highest BCUT2D eigenvalue weighted by Crippen LogP contribution is 2.15. The second kappa shape index (κ2) is 6.14. The van der Waals surface area contributed by atoms with Gasteiger partial charge in [0.1, 0.15) is 0 Å². The lowest BCUT2D eigenvalue weighted by Gasteiger charge is -2.24. The largest absolute Gasteiger partial charge is 0.396 e. The maximum absolute atomic E-state index is 11.7. The fourth-order valence-electron chi connectivity index (χ4n) is 1.08. The number of ketones is 1. The number of Topliss-reactive ketones (excluding diaryl/α,β-unsaturated/α-hetero) is 1. The van der Waals surface area contributed by atoms with Crippen molar-refractivity contribution in [3.63, 3.8) is 0 Å². The smallest absolute Gasteiger partial charge is 0.152 e. The monoisotopic (exact) mass is 201 g/mol. The number of hydrogen-bond donors (Lipinski definition) is 1. The maximum atomic E-state index is 11.7. The van der Waals surface area contributed by atoms with E-state index >= 15 is 0 Å². The second-order valence-electron chi connectivity index (χ2n) is 4.62. The minimum atomic E-state index is -0.257. The summed E-state index contributed by atoms with van der Waals surface area (Å²) in [5.74, 6) is 0.261. The van der Waals surface area contributed by atoms with Gasteiger partial charge in [-0.2, -0.15) is 0 Å². The minimum absolute atomic E-state index is 0.195. The SMILES string of the molecule is CCN(CCCO)CC(=O)C(C)(C)C. The van der Waals surface area contributed by atoms with E-state index in [2.05, 4.69) is 4.90 Å². The molecule has 0 unspecified atom stereocenters. The number of aliphatic hydroxyl groups is 1. The molecule has 14 heavy (non-hydrogen) atoms. The van der Waals surface area contributed by atoms with Crippen LogP contribution < -0.4 is 0 Å². The first-order valence-electron chi connectivity index (χ1n) is 5.28. The van der Waals surface area contributed by atoms with Gasteiger partial charge < -0.3 is 5.11 Å². The van der Waals surface area contributed by atoms with Crippen molar-refractivity contribution < 1.29 is 9.90 Å². The Bertz CT molecular complexity index is 173. The zero-order chi connectivity index (χ0) is 11.2. The van der Waals surface area contributed by atoms with Crippen LogP contribution in [-0.2, 0) is 4.79 Å². The number of hydrogen-bond acceptors (Lipinski definition) is 3. The van der Waals surface area contributed by atoms with Crippen LogP contribution in [0.15, 0.2) is 0 Å². The summed E-state index contributed by atoms with van der Waals surface area (Å²) in [5, 5.41) is 8.69. The number of likely N-dealkylation sites (N-methyl/N-ethyl adjacent to an activating group) is 1. The Morgan fingerprint density at radius 2 is 1.93 bits per heavy atom. The first-order chi connectivity index (χ1) is 6.41. The van der Waals surface area contributed by atoms with Gasteiger partial charge in [0, 0.05) is 18.6 Å². The number of nitrogens with zero attached hydrogens (tertiary/aromatic N) is 1. The third kappa shape index (κ3) is 5.35. The summed E-state index contributed by atoms with van der Waals surface area (Å²) < 4.78 is 0. The van der Waals surface area contributed by atoms with Crippen molar-refractivity contribution in [2.75, 3.05) is 26.2 Å². The van der Waals surface area contributed by atoms with Gasteiger partial charge in [0.15, 0.2) is 5.78 Å². The summed E-state index contributed by atoms with van der Waals surface area (Å²) in [7, 11) is 0. The Kier molecular flexibility index (Phi) is 5.96. The van der Waals surface area contributed by atoms with Gasteiger partial charge in [-0.1, -0.05) is 27.7 Å². The molecule has 0 saturated heterocycles. The van der Waals surface area contributed by atoms with Crippen LogP contribution in [0.1, 0.15) is 34.1 Å². The van der Waals surface area contributed by atoms with E-state index < -0.39 is 0 Å². The van der Waals surface area contributed by atoms with E-state index in [9.17, 15) is 4.79 Å². The number of carbonyl (C=O) groups excluding carboxylic acids is 1.